The molecule has 1 fully saturated rings. The van der Waals surface area contributed by atoms with Gasteiger partial charge in [-0.1, -0.05) is 48.5 Å². The van der Waals surface area contributed by atoms with Gasteiger partial charge in [-0.2, -0.15) is 0 Å². The van der Waals surface area contributed by atoms with Crippen molar-refractivity contribution < 1.29 is 13.7 Å². The van der Waals surface area contributed by atoms with E-state index >= 15 is 0 Å². The fourth-order valence-corrected chi connectivity index (χ4v) is 4.37. The highest BCUT2D eigenvalue weighted by molar-refractivity contribution is 7.84. The van der Waals surface area contributed by atoms with E-state index in [4.69, 9.17) is 9.47 Å². The molecule has 0 saturated carbocycles. The lowest BCUT2D eigenvalue weighted by Gasteiger charge is -2.39. The summed E-state index contributed by atoms with van der Waals surface area (Å²) in [5.41, 5.74) is 3.31. The second kappa shape index (κ2) is 10.2. The summed E-state index contributed by atoms with van der Waals surface area (Å²) in [5.74, 6) is 2.56. The third-order valence-electron chi connectivity index (χ3n) is 5.75. The average molecular weight is 471 g/mol. The van der Waals surface area contributed by atoms with Gasteiger partial charge in [0, 0.05) is 37.7 Å². The molecule has 1 saturated heterocycles. The van der Waals surface area contributed by atoms with Gasteiger partial charge in [-0.15, -0.1) is 0 Å². The summed E-state index contributed by atoms with van der Waals surface area (Å²) in [4.78, 5) is 6.64. The molecule has 0 bridgehead atoms. The Morgan fingerprint density at radius 3 is 2.12 bits per heavy atom. The fourth-order valence-electron chi connectivity index (χ4n) is 3.91. The molecule has 0 spiro atoms. The highest BCUT2D eigenvalue weighted by atomic mass is 32.2. The number of nitrogens with zero attached hydrogens (tertiary/aromatic N) is 2. The molecule has 1 aliphatic heterocycles. The molecule has 3 aromatic carbocycles. The van der Waals surface area contributed by atoms with Crippen LogP contribution in [0.5, 0.6) is 17.2 Å². The largest absolute Gasteiger partial charge is 0.488 e. The summed E-state index contributed by atoms with van der Waals surface area (Å²) in [6.45, 7) is 2.71. The molecular weight excluding hydrogens is 444 g/mol. The van der Waals surface area contributed by atoms with Crippen LogP contribution in [-0.4, -0.2) is 39.5 Å². The van der Waals surface area contributed by atoms with Gasteiger partial charge in [0.25, 0.3) is 0 Å². The van der Waals surface area contributed by atoms with Crippen LogP contribution >= 0.6 is 0 Å². The minimum atomic E-state index is -1.06. The van der Waals surface area contributed by atoms with Crippen LogP contribution in [0.4, 0.5) is 0 Å². The van der Waals surface area contributed by atoms with Gasteiger partial charge < -0.3 is 9.47 Å². The van der Waals surface area contributed by atoms with Crippen LogP contribution in [-0.2, 0) is 17.3 Å². The second-order valence-corrected chi connectivity index (χ2v) is 9.68. The summed E-state index contributed by atoms with van der Waals surface area (Å²) >= 11 is 0. The molecular formula is C28H26N2O3S. The number of hydrogen-bond acceptors (Lipinski definition) is 5. The van der Waals surface area contributed by atoms with Crippen LogP contribution in [0, 0.1) is 0 Å². The highest BCUT2D eigenvalue weighted by Crippen LogP contribution is 2.26. The van der Waals surface area contributed by atoms with Crippen molar-refractivity contribution in [1.82, 2.24) is 9.88 Å². The molecule has 1 aliphatic rings. The molecule has 0 aliphatic carbocycles. The van der Waals surface area contributed by atoms with Crippen molar-refractivity contribution in [2.75, 3.05) is 19.3 Å². The Bertz CT molecular complexity index is 1240. The van der Waals surface area contributed by atoms with Crippen molar-refractivity contribution in [3.05, 3.63) is 103 Å². The Hall–Kier alpha value is -3.48. The van der Waals surface area contributed by atoms with E-state index in [2.05, 4.69) is 22.0 Å². The summed E-state index contributed by atoms with van der Waals surface area (Å²) in [6.07, 6.45) is 3.59. The van der Waals surface area contributed by atoms with Crippen molar-refractivity contribution >= 4 is 10.8 Å². The number of benzene rings is 3. The molecule has 172 valence electrons. The van der Waals surface area contributed by atoms with E-state index in [1.165, 1.54) is 5.56 Å². The molecule has 6 heteroatoms. The third-order valence-corrected chi connectivity index (χ3v) is 6.58. The lowest BCUT2D eigenvalue weighted by Crippen LogP contribution is -2.53. The summed E-state index contributed by atoms with van der Waals surface area (Å²) in [6, 6.07) is 29.9. The zero-order valence-corrected chi connectivity index (χ0v) is 19.8. The maximum absolute atomic E-state index is 11.5. The lowest BCUT2D eigenvalue weighted by atomic mass is 10.1. The van der Waals surface area contributed by atoms with Crippen molar-refractivity contribution in [3.63, 3.8) is 0 Å². The Morgan fingerprint density at radius 2 is 1.47 bits per heavy atom. The van der Waals surface area contributed by atoms with Gasteiger partial charge in [-0.05, 0) is 53.6 Å². The van der Waals surface area contributed by atoms with E-state index in [0.29, 0.717) is 5.03 Å². The predicted molar refractivity (Wildman–Crippen MR) is 135 cm³/mol. The normalized spacial score (nSPS) is 14.9. The van der Waals surface area contributed by atoms with Crippen molar-refractivity contribution in [3.8, 4) is 28.4 Å². The standard InChI is InChI=1S/C28H26N2O3S/c1-34(31)28-16-11-23(17-29-28)22-9-14-26(15-10-22)33-27-19-30(20-27)18-21-7-12-25(13-8-21)32-24-5-3-2-4-6-24/h2-17,27H,18-20H2,1H3. The first-order valence-corrected chi connectivity index (χ1v) is 12.8. The van der Waals surface area contributed by atoms with Crippen molar-refractivity contribution in [2.24, 2.45) is 0 Å². The maximum Gasteiger partial charge on any atom is 0.127 e. The Labute approximate surface area is 202 Å². The van der Waals surface area contributed by atoms with Gasteiger partial charge >= 0.3 is 0 Å². The van der Waals surface area contributed by atoms with E-state index in [-0.39, 0.29) is 6.10 Å². The average Bonchev–Trinajstić information content (AvgIpc) is 2.85. The number of rotatable bonds is 8. The Kier molecular flexibility index (Phi) is 6.70. The minimum Gasteiger partial charge on any atom is -0.488 e. The number of ether oxygens (including phenoxy) is 2. The zero-order chi connectivity index (χ0) is 23.3. The Morgan fingerprint density at radius 1 is 0.824 bits per heavy atom. The quantitative estimate of drug-likeness (QED) is 0.338. The number of pyridine rings is 1. The van der Waals surface area contributed by atoms with Crippen molar-refractivity contribution in [2.45, 2.75) is 17.7 Å². The lowest BCUT2D eigenvalue weighted by molar-refractivity contribution is 0.0146. The van der Waals surface area contributed by atoms with Gasteiger partial charge in [-0.3, -0.25) is 9.11 Å². The van der Waals surface area contributed by atoms with Crippen LogP contribution in [0.25, 0.3) is 11.1 Å². The first kappa shape index (κ1) is 22.3. The van der Waals surface area contributed by atoms with Crippen molar-refractivity contribution in [1.29, 1.82) is 0 Å². The van der Waals surface area contributed by atoms with Crippen LogP contribution < -0.4 is 9.47 Å². The van der Waals surface area contributed by atoms with E-state index < -0.39 is 10.8 Å². The number of likely N-dealkylation sites (tertiary alicyclic amines) is 1. The molecule has 2 heterocycles. The monoisotopic (exact) mass is 470 g/mol. The van der Waals surface area contributed by atoms with Gasteiger partial charge in [0.2, 0.25) is 0 Å². The number of hydrogen-bond donors (Lipinski definition) is 0. The van der Waals surface area contributed by atoms with Crippen LogP contribution in [0.1, 0.15) is 5.56 Å². The summed E-state index contributed by atoms with van der Waals surface area (Å²) in [5, 5.41) is 0.592. The number of para-hydroxylation sites is 1. The molecule has 1 unspecified atom stereocenters. The molecule has 0 amide bonds. The highest BCUT2D eigenvalue weighted by Gasteiger charge is 2.28. The topological polar surface area (TPSA) is 51.7 Å². The molecule has 1 atom stereocenters. The third kappa shape index (κ3) is 5.53. The first-order chi connectivity index (χ1) is 16.6. The van der Waals surface area contributed by atoms with E-state index in [9.17, 15) is 4.21 Å². The predicted octanol–water partition coefficient (Wildman–Crippen LogP) is 5.54. The molecule has 4 aromatic rings. The Balaban J connectivity index is 1.09. The fraction of sp³-hybridized carbons (Fsp3) is 0.179. The smallest absolute Gasteiger partial charge is 0.127 e. The van der Waals surface area contributed by atoms with Gasteiger partial charge in [0.15, 0.2) is 0 Å². The summed E-state index contributed by atoms with van der Waals surface area (Å²) in [7, 11) is -1.06. The van der Waals surface area contributed by atoms with Crippen LogP contribution in [0.15, 0.2) is 102 Å². The van der Waals surface area contributed by atoms with Crippen LogP contribution in [0.2, 0.25) is 0 Å². The van der Waals surface area contributed by atoms with Gasteiger partial charge in [-0.25, -0.2) is 4.98 Å². The molecule has 1 aromatic heterocycles. The first-order valence-electron chi connectivity index (χ1n) is 11.2. The van der Waals surface area contributed by atoms with E-state index in [1.54, 1.807) is 12.5 Å². The van der Waals surface area contributed by atoms with Gasteiger partial charge in [0.05, 0.1) is 10.8 Å². The molecule has 0 N–H and O–H groups in total. The zero-order valence-electron chi connectivity index (χ0n) is 19.0. The minimum absolute atomic E-state index is 0.201. The van der Waals surface area contributed by atoms with E-state index in [0.717, 1.165) is 48.0 Å². The molecule has 34 heavy (non-hydrogen) atoms. The van der Waals surface area contributed by atoms with Gasteiger partial charge in [0.1, 0.15) is 28.4 Å². The maximum atomic E-state index is 11.5. The summed E-state index contributed by atoms with van der Waals surface area (Å²) < 4.78 is 23.5. The molecule has 5 rings (SSSR count). The SMILES string of the molecule is CS(=O)c1ccc(-c2ccc(OC3CN(Cc4ccc(Oc5ccccc5)cc4)C3)cc2)cn1. The molecule has 5 nitrogen and oxygen atoms in total. The second-order valence-electron chi connectivity index (χ2n) is 8.36. The van der Waals surface area contributed by atoms with E-state index in [1.807, 2.05) is 78.9 Å². The van der Waals surface area contributed by atoms with Crippen LogP contribution in [0.3, 0.4) is 0 Å². The molecule has 0 radical (unpaired) electrons. The number of aromatic nitrogens is 1.